The minimum Gasteiger partial charge on any atom is -1.00 e. The van der Waals surface area contributed by atoms with Crippen molar-refractivity contribution in [1.29, 1.82) is 0 Å². The average Bonchev–Trinajstić information content (AvgIpc) is 2.49. The van der Waals surface area contributed by atoms with Crippen LogP contribution in [0.15, 0.2) is 0 Å². The second-order valence-corrected chi connectivity index (χ2v) is 13.7. The summed E-state index contributed by atoms with van der Waals surface area (Å²) in [5.74, 6) is 0. The average molecular weight is 379 g/mol. The van der Waals surface area contributed by atoms with Gasteiger partial charge in [-0.15, -0.1) is 0 Å². The highest BCUT2D eigenvalue weighted by atomic mass is 35.5. The summed E-state index contributed by atoms with van der Waals surface area (Å²) in [7, 11) is -0.506. The van der Waals surface area contributed by atoms with Crippen molar-refractivity contribution in [1.82, 2.24) is 0 Å². The molecule has 0 unspecified atom stereocenters. The van der Waals surface area contributed by atoms with Crippen molar-refractivity contribution in [2.24, 2.45) is 0 Å². The molecule has 0 aromatic carbocycles. The maximum Gasteiger partial charge on any atom is 0.0586 e. The monoisotopic (exact) mass is 378 g/mol. The van der Waals surface area contributed by atoms with Crippen molar-refractivity contribution >= 4 is 7.26 Å². The molecule has 0 fully saturated rings. The number of rotatable bonds is 18. The topological polar surface area (TPSA) is 0 Å². The molecule has 0 aliphatic carbocycles. The third-order valence-electron chi connectivity index (χ3n) is 4.93. The van der Waals surface area contributed by atoms with Crippen LogP contribution in [0, 0.1) is 0 Å². The largest absolute Gasteiger partial charge is 1.00 e. The van der Waals surface area contributed by atoms with Crippen LogP contribution in [-0.2, 0) is 0 Å². The third kappa shape index (κ3) is 25.0. The van der Waals surface area contributed by atoms with Crippen molar-refractivity contribution in [2.75, 3.05) is 26.2 Å². The third-order valence-corrected chi connectivity index (χ3v) is 6.59. The van der Waals surface area contributed by atoms with Crippen molar-refractivity contribution in [3.8, 4) is 0 Å². The van der Waals surface area contributed by atoms with Crippen LogP contribution < -0.4 is 12.4 Å². The van der Waals surface area contributed by atoms with E-state index in [9.17, 15) is 0 Å². The minimum atomic E-state index is -0.506. The van der Waals surface area contributed by atoms with Crippen LogP contribution in [0.3, 0.4) is 0 Å². The van der Waals surface area contributed by atoms with E-state index in [0.29, 0.717) is 0 Å². The molecule has 0 saturated carbocycles. The molecule has 0 amide bonds. The quantitative estimate of drug-likeness (QED) is 0.217. The Balaban J connectivity index is 0. The molecule has 0 bridgehead atoms. The Bertz CT molecular complexity index is 223. The van der Waals surface area contributed by atoms with Crippen molar-refractivity contribution < 1.29 is 12.4 Å². The van der Waals surface area contributed by atoms with Gasteiger partial charge in [0, 0.05) is 27.3 Å². The molecule has 0 aromatic heterocycles. The molecule has 0 heterocycles. The summed E-state index contributed by atoms with van der Waals surface area (Å²) in [5.41, 5.74) is 0. The second-order valence-electron chi connectivity index (χ2n) is 8.67. The highest BCUT2D eigenvalue weighted by Crippen LogP contribution is 2.47. The summed E-state index contributed by atoms with van der Waals surface area (Å²) < 4.78 is 0. The van der Waals surface area contributed by atoms with Crippen LogP contribution in [0.1, 0.15) is 116 Å². The smallest absolute Gasteiger partial charge is 0.0586 e. The SMILES string of the molecule is CCCCCCCCCCCCCCCCCCC[P+](C)(C)C.[Cl-]. The predicted octanol–water partition coefficient (Wildman–Crippen LogP) is 5.55. The van der Waals surface area contributed by atoms with Gasteiger partial charge in [-0.3, -0.25) is 0 Å². The fraction of sp³-hybridized carbons (Fsp3) is 1.00. The van der Waals surface area contributed by atoms with E-state index >= 15 is 0 Å². The molecule has 0 rings (SSSR count). The zero-order valence-electron chi connectivity index (χ0n) is 17.6. The van der Waals surface area contributed by atoms with E-state index in [1.54, 1.807) is 0 Å². The Hall–Kier alpha value is 0.720. The molecule has 2 heteroatoms. The van der Waals surface area contributed by atoms with Crippen LogP contribution in [0.4, 0.5) is 0 Å². The lowest BCUT2D eigenvalue weighted by Gasteiger charge is -2.10. The molecule has 0 radical (unpaired) electrons. The van der Waals surface area contributed by atoms with Crippen molar-refractivity contribution in [3.05, 3.63) is 0 Å². The van der Waals surface area contributed by atoms with Crippen molar-refractivity contribution in [3.63, 3.8) is 0 Å². The molecule has 24 heavy (non-hydrogen) atoms. The normalized spacial score (nSPS) is 11.5. The van der Waals surface area contributed by atoms with E-state index in [1.807, 2.05) is 0 Å². The van der Waals surface area contributed by atoms with E-state index in [1.165, 1.54) is 115 Å². The first-order valence-electron chi connectivity index (χ1n) is 10.9. The summed E-state index contributed by atoms with van der Waals surface area (Å²) >= 11 is 0. The Morgan fingerprint density at radius 3 is 0.917 bits per heavy atom. The maximum atomic E-state index is 2.47. The molecule has 0 saturated heterocycles. The Morgan fingerprint density at radius 2 is 0.667 bits per heavy atom. The highest BCUT2D eigenvalue weighted by Gasteiger charge is 2.15. The van der Waals surface area contributed by atoms with Crippen LogP contribution >= 0.6 is 7.26 Å². The molecule has 0 atom stereocenters. The summed E-state index contributed by atoms with van der Waals surface area (Å²) in [6, 6.07) is 0. The Labute approximate surface area is 162 Å². The fourth-order valence-corrected chi connectivity index (χ4v) is 4.48. The zero-order valence-corrected chi connectivity index (χ0v) is 19.2. The Morgan fingerprint density at radius 1 is 0.417 bits per heavy atom. The van der Waals surface area contributed by atoms with Gasteiger partial charge in [0.15, 0.2) is 0 Å². The minimum absolute atomic E-state index is 0. The van der Waals surface area contributed by atoms with Crippen LogP contribution in [0.25, 0.3) is 0 Å². The standard InChI is InChI=1S/C22H48P.ClH/c1-5-6-7-8-9-10-11-12-13-14-15-16-17-18-19-20-21-22-23(2,3)4;/h5-22H2,1-4H3;1H/q+1;/p-1. The number of hydrogen-bond donors (Lipinski definition) is 0. The zero-order chi connectivity index (χ0) is 17.2. The van der Waals surface area contributed by atoms with Gasteiger partial charge < -0.3 is 12.4 Å². The molecule has 0 N–H and O–H groups in total. The van der Waals surface area contributed by atoms with E-state index in [2.05, 4.69) is 26.9 Å². The predicted molar refractivity (Wildman–Crippen MR) is 114 cm³/mol. The van der Waals surface area contributed by atoms with Gasteiger partial charge in [0.2, 0.25) is 0 Å². The highest BCUT2D eigenvalue weighted by molar-refractivity contribution is 7.73. The molecule has 148 valence electrons. The van der Waals surface area contributed by atoms with Gasteiger partial charge in [0.25, 0.3) is 0 Å². The van der Waals surface area contributed by atoms with E-state index in [0.717, 1.165) is 0 Å². The maximum absolute atomic E-state index is 2.47. The van der Waals surface area contributed by atoms with E-state index in [4.69, 9.17) is 0 Å². The first-order valence-corrected chi connectivity index (χ1v) is 14.2. The van der Waals surface area contributed by atoms with E-state index in [-0.39, 0.29) is 12.4 Å². The van der Waals surface area contributed by atoms with Crippen LogP contribution in [0.2, 0.25) is 0 Å². The molecule has 0 nitrogen and oxygen atoms in total. The lowest BCUT2D eigenvalue weighted by atomic mass is 10.0. The molecular formula is C22H48ClP. The summed E-state index contributed by atoms with van der Waals surface area (Å²) in [5, 5.41) is 0. The lowest BCUT2D eigenvalue weighted by Crippen LogP contribution is -3.00. The first-order chi connectivity index (χ1) is 11.1. The molecular weight excluding hydrogens is 331 g/mol. The number of hydrogen-bond acceptors (Lipinski definition) is 0. The van der Waals surface area contributed by atoms with Gasteiger partial charge in [-0.2, -0.15) is 0 Å². The second kappa shape index (κ2) is 20.0. The number of halogens is 1. The van der Waals surface area contributed by atoms with Crippen LogP contribution in [-0.4, -0.2) is 26.2 Å². The van der Waals surface area contributed by atoms with Crippen LogP contribution in [0.5, 0.6) is 0 Å². The Kier molecular flexibility index (Phi) is 22.5. The van der Waals surface area contributed by atoms with Gasteiger partial charge in [0.1, 0.15) is 0 Å². The van der Waals surface area contributed by atoms with Gasteiger partial charge >= 0.3 is 0 Å². The molecule has 0 spiro atoms. The summed E-state index contributed by atoms with van der Waals surface area (Å²) in [6.45, 7) is 9.71. The van der Waals surface area contributed by atoms with Gasteiger partial charge in [-0.1, -0.05) is 103 Å². The number of unbranched alkanes of at least 4 members (excludes halogenated alkanes) is 16. The molecule has 0 aromatic rings. The molecule has 0 aliphatic heterocycles. The molecule has 0 aliphatic rings. The fourth-order valence-electron chi connectivity index (χ4n) is 3.31. The summed E-state index contributed by atoms with van der Waals surface area (Å²) in [6.07, 6.45) is 26.6. The van der Waals surface area contributed by atoms with Gasteiger partial charge in [-0.05, 0) is 12.8 Å². The first kappa shape index (κ1) is 26.9. The van der Waals surface area contributed by atoms with Gasteiger partial charge in [-0.25, -0.2) is 0 Å². The lowest BCUT2D eigenvalue weighted by molar-refractivity contribution is -0.00000543. The summed E-state index contributed by atoms with van der Waals surface area (Å²) in [4.78, 5) is 0. The van der Waals surface area contributed by atoms with E-state index < -0.39 is 7.26 Å². The van der Waals surface area contributed by atoms with Gasteiger partial charge in [0.05, 0.1) is 6.16 Å². The van der Waals surface area contributed by atoms with Crippen molar-refractivity contribution in [2.45, 2.75) is 116 Å².